The first kappa shape index (κ1) is 29.7. The summed E-state index contributed by atoms with van der Waals surface area (Å²) in [6, 6.07) is 11.1. The highest BCUT2D eigenvalue weighted by Gasteiger charge is 2.30. The fourth-order valence-electron chi connectivity index (χ4n) is 3.16. The second-order valence-corrected chi connectivity index (χ2v) is 9.08. The van der Waals surface area contributed by atoms with Crippen molar-refractivity contribution in [3.63, 3.8) is 0 Å². The van der Waals surface area contributed by atoms with Gasteiger partial charge < -0.3 is 19.3 Å². The van der Waals surface area contributed by atoms with Crippen LogP contribution in [0, 0.1) is 11.3 Å². The minimum Gasteiger partial charge on any atom is -0.482 e. The molecule has 3 N–H and O–H groups in total. The van der Waals surface area contributed by atoms with E-state index in [1.807, 2.05) is 0 Å². The molecular weight excluding hydrogens is 496 g/mol. The number of ketones is 2. The van der Waals surface area contributed by atoms with E-state index in [0.29, 0.717) is 5.75 Å². The number of hydrogen-bond donors (Lipinski definition) is 3. The molecule has 2 aromatic carbocycles. The van der Waals surface area contributed by atoms with Crippen molar-refractivity contribution < 1.29 is 43.3 Å². The third-order valence-electron chi connectivity index (χ3n) is 4.93. The molecule has 1 unspecified atom stereocenters. The van der Waals surface area contributed by atoms with Gasteiger partial charge in [-0.2, -0.15) is 0 Å². The average Bonchev–Trinajstić information content (AvgIpc) is 2.84. The zero-order valence-electron chi connectivity index (χ0n) is 21.5. The van der Waals surface area contributed by atoms with Crippen LogP contribution in [0.4, 0.5) is 4.79 Å². The smallest absolute Gasteiger partial charge is 0.413 e. The van der Waals surface area contributed by atoms with Crippen LogP contribution in [0.15, 0.2) is 48.5 Å². The Hall–Kier alpha value is -4.54. The Labute approximate surface area is 219 Å². The van der Waals surface area contributed by atoms with E-state index >= 15 is 0 Å². The van der Waals surface area contributed by atoms with E-state index < -0.39 is 47.5 Å². The third-order valence-corrected chi connectivity index (χ3v) is 4.93. The number of ether oxygens (including phenoxy) is 3. The number of hydrogen-bond acceptors (Lipinski definition) is 9. The highest BCUT2D eigenvalue weighted by molar-refractivity contribution is 6.12. The summed E-state index contributed by atoms with van der Waals surface area (Å²) in [5.74, 6) is -4.93. The minimum atomic E-state index is -1.63. The number of carboxylic acids is 1. The molecule has 1 amide bonds. The highest BCUT2D eigenvalue weighted by atomic mass is 16.6. The van der Waals surface area contributed by atoms with Crippen LogP contribution in [-0.4, -0.2) is 59.4 Å². The Bertz CT molecular complexity index is 1200. The molecule has 2 rings (SSSR count). The number of esters is 1. The second-order valence-electron chi connectivity index (χ2n) is 9.08. The number of carbonyl (C=O) groups excluding carboxylic acids is 4. The number of amides is 1. The SMILES string of the molecule is CCOC(=O)COc1ccc(C(=O)CC(C(=O)O)C(=O)c2ccc(C(=N)NC(=O)OC(C)(C)C)cc2)cc1. The Balaban J connectivity index is 2.04. The number of carboxylic acid groups (broad SMARTS) is 1. The first-order valence-corrected chi connectivity index (χ1v) is 11.7. The van der Waals surface area contributed by atoms with Gasteiger partial charge in [0.05, 0.1) is 6.61 Å². The molecule has 1 atom stereocenters. The van der Waals surface area contributed by atoms with Crippen LogP contribution >= 0.6 is 0 Å². The number of alkyl carbamates (subject to hydrolysis) is 1. The van der Waals surface area contributed by atoms with Crippen LogP contribution in [0.25, 0.3) is 0 Å². The molecule has 11 heteroatoms. The third kappa shape index (κ3) is 9.16. The fourth-order valence-corrected chi connectivity index (χ4v) is 3.16. The maximum Gasteiger partial charge on any atom is 0.413 e. The van der Waals surface area contributed by atoms with Crippen LogP contribution in [0.5, 0.6) is 5.75 Å². The lowest BCUT2D eigenvalue weighted by atomic mass is 9.90. The molecule has 0 heterocycles. The van der Waals surface area contributed by atoms with Crippen molar-refractivity contribution in [1.82, 2.24) is 5.32 Å². The number of benzene rings is 2. The summed E-state index contributed by atoms with van der Waals surface area (Å²) in [4.78, 5) is 60.6. The minimum absolute atomic E-state index is 0.0294. The van der Waals surface area contributed by atoms with Crippen molar-refractivity contribution in [3.05, 3.63) is 65.2 Å². The number of amidine groups is 1. The van der Waals surface area contributed by atoms with Gasteiger partial charge in [0.15, 0.2) is 18.2 Å². The second kappa shape index (κ2) is 13.1. The molecule has 0 aliphatic heterocycles. The number of Topliss-reactive ketones (excluding diaryl/α,β-unsaturated/α-hetero) is 2. The van der Waals surface area contributed by atoms with Crippen LogP contribution in [0.2, 0.25) is 0 Å². The van der Waals surface area contributed by atoms with E-state index in [2.05, 4.69) is 5.32 Å². The van der Waals surface area contributed by atoms with Gasteiger partial charge in [-0.05, 0) is 52.0 Å². The van der Waals surface area contributed by atoms with E-state index in [9.17, 15) is 29.1 Å². The van der Waals surface area contributed by atoms with Gasteiger partial charge in [-0.3, -0.25) is 25.1 Å². The molecular formula is C27H30N2O9. The summed E-state index contributed by atoms with van der Waals surface area (Å²) in [5, 5.41) is 19.9. The number of nitrogens with one attached hydrogen (secondary N) is 2. The van der Waals surface area contributed by atoms with Crippen molar-refractivity contribution in [2.24, 2.45) is 5.92 Å². The summed E-state index contributed by atoms with van der Waals surface area (Å²) >= 11 is 0. The van der Waals surface area contributed by atoms with Gasteiger partial charge in [-0.25, -0.2) is 9.59 Å². The summed E-state index contributed by atoms with van der Waals surface area (Å²) in [6.45, 7) is 6.63. The largest absolute Gasteiger partial charge is 0.482 e. The van der Waals surface area contributed by atoms with E-state index in [-0.39, 0.29) is 35.7 Å². The van der Waals surface area contributed by atoms with E-state index in [4.69, 9.17) is 19.6 Å². The Morgan fingerprint density at radius 3 is 2.00 bits per heavy atom. The molecule has 0 spiro atoms. The summed E-state index contributed by atoms with van der Waals surface area (Å²) in [6.07, 6.45) is -1.39. The predicted octanol–water partition coefficient (Wildman–Crippen LogP) is 3.64. The Morgan fingerprint density at radius 1 is 0.921 bits per heavy atom. The molecule has 38 heavy (non-hydrogen) atoms. The van der Waals surface area contributed by atoms with Gasteiger partial charge in [-0.1, -0.05) is 24.3 Å². The number of aliphatic carboxylic acids is 1. The summed E-state index contributed by atoms with van der Waals surface area (Å²) in [7, 11) is 0. The number of carbonyl (C=O) groups is 5. The Kier molecular flexibility index (Phi) is 10.3. The molecule has 0 radical (unpaired) electrons. The molecule has 2 aromatic rings. The zero-order valence-corrected chi connectivity index (χ0v) is 21.5. The first-order chi connectivity index (χ1) is 17.8. The van der Waals surface area contributed by atoms with Crippen LogP contribution in [-0.2, 0) is 19.1 Å². The van der Waals surface area contributed by atoms with Crippen molar-refractivity contribution in [3.8, 4) is 5.75 Å². The summed E-state index contributed by atoms with van der Waals surface area (Å²) in [5.41, 5.74) is -0.281. The first-order valence-electron chi connectivity index (χ1n) is 11.7. The molecule has 0 saturated heterocycles. The van der Waals surface area contributed by atoms with Crippen molar-refractivity contribution in [1.29, 1.82) is 5.41 Å². The van der Waals surface area contributed by atoms with Crippen LogP contribution in [0.1, 0.15) is 60.4 Å². The highest BCUT2D eigenvalue weighted by Crippen LogP contribution is 2.19. The van der Waals surface area contributed by atoms with Gasteiger partial charge in [0.2, 0.25) is 0 Å². The molecule has 0 aliphatic rings. The number of rotatable bonds is 11. The van der Waals surface area contributed by atoms with E-state index in [1.54, 1.807) is 27.7 Å². The molecule has 0 fully saturated rings. The standard InChI is InChI=1S/C27H30N2O9/c1-5-36-22(31)15-37-19-12-10-16(11-13-19)21(30)14-20(25(33)34)23(32)17-6-8-18(9-7-17)24(28)29-26(35)38-27(2,3)4/h6-13,20H,5,14-15H2,1-4H3,(H,33,34)(H2,28,29,35). The zero-order chi connectivity index (χ0) is 28.5. The van der Waals surface area contributed by atoms with Crippen LogP contribution in [0.3, 0.4) is 0 Å². The molecule has 11 nitrogen and oxygen atoms in total. The van der Waals surface area contributed by atoms with Gasteiger partial charge in [-0.15, -0.1) is 0 Å². The Morgan fingerprint density at radius 2 is 1.47 bits per heavy atom. The maximum atomic E-state index is 12.9. The quantitative estimate of drug-likeness (QED) is 0.130. The van der Waals surface area contributed by atoms with Gasteiger partial charge in [0.25, 0.3) is 0 Å². The predicted molar refractivity (Wildman–Crippen MR) is 136 cm³/mol. The topological polar surface area (TPSA) is 169 Å². The molecule has 0 aliphatic carbocycles. The lowest BCUT2D eigenvalue weighted by molar-refractivity contribution is -0.145. The van der Waals surface area contributed by atoms with Crippen molar-refractivity contribution in [2.45, 2.75) is 39.7 Å². The summed E-state index contributed by atoms with van der Waals surface area (Å²) < 4.78 is 15.1. The van der Waals surface area contributed by atoms with Crippen LogP contribution < -0.4 is 10.1 Å². The van der Waals surface area contributed by atoms with Crippen molar-refractivity contribution in [2.75, 3.05) is 13.2 Å². The monoisotopic (exact) mass is 526 g/mol. The fraction of sp³-hybridized carbons (Fsp3) is 0.333. The maximum absolute atomic E-state index is 12.9. The molecule has 202 valence electrons. The van der Waals surface area contributed by atoms with Crippen molar-refractivity contribution >= 4 is 35.4 Å². The lowest BCUT2D eigenvalue weighted by Gasteiger charge is -2.19. The van der Waals surface area contributed by atoms with E-state index in [1.165, 1.54) is 48.5 Å². The molecule has 0 bridgehead atoms. The molecule has 0 aromatic heterocycles. The van der Waals surface area contributed by atoms with Gasteiger partial charge >= 0.3 is 18.0 Å². The van der Waals surface area contributed by atoms with Gasteiger partial charge in [0, 0.05) is 23.1 Å². The normalized spacial score (nSPS) is 11.6. The lowest BCUT2D eigenvalue weighted by Crippen LogP contribution is -2.36. The molecule has 0 saturated carbocycles. The average molecular weight is 527 g/mol. The van der Waals surface area contributed by atoms with Gasteiger partial charge in [0.1, 0.15) is 23.1 Å². The van der Waals surface area contributed by atoms with E-state index in [0.717, 1.165) is 0 Å².